The van der Waals surface area contributed by atoms with E-state index in [-0.39, 0.29) is 5.82 Å². The fraction of sp³-hybridized carbons (Fsp3) is 0.217. The van der Waals surface area contributed by atoms with Gasteiger partial charge in [-0.1, -0.05) is 18.2 Å². The van der Waals surface area contributed by atoms with Gasteiger partial charge in [-0.3, -0.25) is 0 Å². The summed E-state index contributed by atoms with van der Waals surface area (Å²) in [5.74, 6) is 1.39. The molecule has 0 spiro atoms. The molecule has 0 radical (unpaired) electrons. The number of fused-ring (bicyclic) bond motifs is 2. The van der Waals surface area contributed by atoms with Crippen molar-refractivity contribution in [1.29, 1.82) is 0 Å². The van der Waals surface area contributed by atoms with Crippen molar-refractivity contribution in [2.45, 2.75) is 6.42 Å². The summed E-state index contributed by atoms with van der Waals surface area (Å²) in [7, 11) is 0. The van der Waals surface area contributed by atoms with Gasteiger partial charge in [-0.25, -0.2) is 4.39 Å². The lowest BCUT2D eigenvalue weighted by molar-refractivity contribution is 0.171. The maximum atomic E-state index is 13.5. The Morgan fingerprint density at radius 2 is 2.00 bits per heavy atom. The van der Waals surface area contributed by atoms with Crippen LogP contribution in [0.3, 0.4) is 0 Å². The predicted molar refractivity (Wildman–Crippen MR) is 106 cm³/mol. The van der Waals surface area contributed by atoms with E-state index in [1.807, 2.05) is 12.1 Å². The molecule has 0 fully saturated rings. The van der Waals surface area contributed by atoms with Crippen molar-refractivity contribution in [3.8, 4) is 11.5 Å². The maximum Gasteiger partial charge on any atom is 0.169 e. The fourth-order valence-corrected chi connectivity index (χ4v) is 3.71. The van der Waals surface area contributed by atoms with Gasteiger partial charge in [-0.15, -0.1) is 0 Å². The van der Waals surface area contributed by atoms with E-state index in [9.17, 15) is 4.39 Å². The SMILES string of the molecule is Fc1ccc2occ(CCN3C=CC(c4cccc5c4OCCO5)=CC3)c2c1. The molecule has 0 unspecified atom stereocenters. The first-order valence-corrected chi connectivity index (χ1v) is 9.45. The molecule has 142 valence electrons. The van der Waals surface area contributed by atoms with E-state index >= 15 is 0 Å². The summed E-state index contributed by atoms with van der Waals surface area (Å²) in [4.78, 5) is 2.23. The van der Waals surface area contributed by atoms with Gasteiger partial charge in [0, 0.05) is 29.6 Å². The van der Waals surface area contributed by atoms with E-state index in [2.05, 4.69) is 29.3 Å². The number of hydrogen-bond acceptors (Lipinski definition) is 4. The summed E-state index contributed by atoms with van der Waals surface area (Å²) in [6, 6.07) is 10.6. The van der Waals surface area contributed by atoms with E-state index in [0.29, 0.717) is 13.2 Å². The monoisotopic (exact) mass is 377 g/mol. The first kappa shape index (κ1) is 16.9. The van der Waals surface area contributed by atoms with Crippen LogP contribution in [0.5, 0.6) is 11.5 Å². The van der Waals surface area contributed by atoms with Crippen molar-refractivity contribution >= 4 is 16.5 Å². The molecule has 0 amide bonds. The number of furan rings is 1. The van der Waals surface area contributed by atoms with Gasteiger partial charge in [0.05, 0.1) is 6.26 Å². The van der Waals surface area contributed by atoms with Crippen LogP contribution in [0.4, 0.5) is 4.39 Å². The van der Waals surface area contributed by atoms with E-state index in [1.165, 1.54) is 6.07 Å². The van der Waals surface area contributed by atoms with Gasteiger partial charge in [-0.05, 0) is 48.5 Å². The van der Waals surface area contributed by atoms with Crippen LogP contribution in [-0.2, 0) is 6.42 Å². The molecule has 2 aliphatic heterocycles. The third-order valence-electron chi connectivity index (χ3n) is 5.17. The fourth-order valence-electron chi connectivity index (χ4n) is 3.71. The molecule has 3 heterocycles. The van der Waals surface area contributed by atoms with Crippen molar-refractivity contribution in [3.05, 3.63) is 78.0 Å². The molecule has 0 saturated carbocycles. The third-order valence-corrected chi connectivity index (χ3v) is 5.17. The normalized spacial score (nSPS) is 15.8. The molecule has 1 aromatic heterocycles. The molecule has 0 saturated heterocycles. The Labute approximate surface area is 162 Å². The average molecular weight is 377 g/mol. The van der Waals surface area contributed by atoms with E-state index in [4.69, 9.17) is 13.9 Å². The van der Waals surface area contributed by atoms with Crippen molar-refractivity contribution in [2.24, 2.45) is 0 Å². The van der Waals surface area contributed by atoms with Crippen LogP contribution in [0.1, 0.15) is 11.1 Å². The summed E-state index contributed by atoms with van der Waals surface area (Å²) in [6.45, 7) is 2.80. The first-order chi connectivity index (χ1) is 13.8. The van der Waals surface area contributed by atoms with Crippen LogP contribution >= 0.6 is 0 Å². The summed E-state index contributed by atoms with van der Waals surface area (Å²) in [6.07, 6.45) is 8.92. The number of benzene rings is 2. The third kappa shape index (κ3) is 3.13. The maximum absolute atomic E-state index is 13.5. The molecule has 0 atom stereocenters. The first-order valence-electron chi connectivity index (χ1n) is 9.45. The van der Waals surface area contributed by atoms with Crippen LogP contribution in [0, 0.1) is 5.82 Å². The average Bonchev–Trinajstić information content (AvgIpc) is 3.14. The molecule has 4 nitrogen and oxygen atoms in total. The van der Waals surface area contributed by atoms with Crippen molar-refractivity contribution in [2.75, 3.05) is 26.3 Å². The van der Waals surface area contributed by atoms with Gasteiger partial charge in [0.2, 0.25) is 0 Å². The lowest BCUT2D eigenvalue weighted by atomic mass is 10.0. The highest BCUT2D eigenvalue weighted by molar-refractivity contribution is 5.81. The highest BCUT2D eigenvalue weighted by Crippen LogP contribution is 2.38. The van der Waals surface area contributed by atoms with Gasteiger partial charge < -0.3 is 18.8 Å². The van der Waals surface area contributed by atoms with Gasteiger partial charge in [-0.2, -0.15) is 0 Å². The van der Waals surface area contributed by atoms with E-state index in [0.717, 1.165) is 58.7 Å². The Hall–Kier alpha value is -3.21. The molecule has 5 rings (SSSR count). The minimum atomic E-state index is -0.238. The highest BCUT2D eigenvalue weighted by Gasteiger charge is 2.18. The number of para-hydroxylation sites is 1. The van der Waals surface area contributed by atoms with E-state index < -0.39 is 0 Å². The molecule has 5 heteroatoms. The summed E-state index contributed by atoms with van der Waals surface area (Å²) < 4.78 is 30.6. The second-order valence-electron chi connectivity index (χ2n) is 6.95. The quantitative estimate of drug-likeness (QED) is 0.654. The Bertz CT molecular complexity index is 1080. The predicted octanol–water partition coefficient (Wildman–Crippen LogP) is 4.80. The largest absolute Gasteiger partial charge is 0.486 e. The number of hydrogen-bond donors (Lipinski definition) is 0. The molecule has 2 aliphatic rings. The molecule has 0 aliphatic carbocycles. The minimum Gasteiger partial charge on any atom is -0.486 e. The zero-order chi connectivity index (χ0) is 18.9. The summed E-state index contributed by atoms with van der Waals surface area (Å²) >= 11 is 0. The number of halogens is 1. The molecule has 3 aromatic rings. The van der Waals surface area contributed by atoms with Gasteiger partial charge in [0.15, 0.2) is 11.5 Å². The van der Waals surface area contributed by atoms with Crippen LogP contribution < -0.4 is 9.47 Å². The van der Waals surface area contributed by atoms with Gasteiger partial charge >= 0.3 is 0 Å². The molecule has 0 N–H and O–H groups in total. The molecule has 2 aromatic carbocycles. The molecule has 28 heavy (non-hydrogen) atoms. The number of allylic oxidation sites excluding steroid dienone is 2. The Morgan fingerprint density at radius 1 is 1.07 bits per heavy atom. The highest BCUT2D eigenvalue weighted by atomic mass is 19.1. The topological polar surface area (TPSA) is 34.8 Å². The standard InChI is InChI=1S/C23H20FNO3/c24-18-4-5-21-20(14-18)17(15-28-21)8-11-25-9-6-16(7-10-25)19-2-1-3-22-23(19)27-13-12-26-22/h1-7,9,14-15H,8,10-13H2. The van der Waals surface area contributed by atoms with Crippen LogP contribution in [-0.4, -0.2) is 31.2 Å². The zero-order valence-corrected chi connectivity index (χ0v) is 15.4. The van der Waals surface area contributed by atoms with Crippen molar-refractivity contribution in [3.63, 3.8) is 0 Å². The summed E-state index contributed by atoms with van der Waals surface area (Å²) in [5, 5.41) is 0.852. The van der Waals surface area contributed by atoms with Gasteiger partial charge in [0.25, 0.3) is 0 Å². The lowest BCUT2D eigenvalue weighted by Gasteiger charge is -2.25. The molecular weight excluding hydrogens is 357 g/mol. The molecule has 0 bridgehead atoms. The second-order valence-corrected chi connectivity index (χ2v) is 6.95. The van der Waals surface area contributed by atoms with Crippen LogP contribution in [0.2, 0.25) is 0 Å². The Kier molecular flexibility index (Phi) is 4.28. The minimum absolute atomic E-state index is 0.238. The summed E-state index contributed by atoms with van der Waals surface area (Å²) in [5.41, 5.74) is 3.95. The van der Waals surface area contributed by atoms with Crippen molar-refractivity contribution in [1.82, 2.24) is 4.90 Å². The van der Waals surface area contributed by atoms with Crippen molar-refractivity contribution < 1.29 is 18.3 Å². The number of ether oxygens (including phenoxy) is 2. The van der Waals surface area contributed by atoms with E-state index in [1.54, 1.807) is 18.4 Å². The number of nitrogens with zero attached hydrogens (tertiary/aromatic N) is 1. The Balaban J connectivity index is 1.28. The second kappa shape index (κ2) is 7.08. The number of rotatable bonds is 4. The smallest absolute Gasteiger partial charge is 0.169 e. The zero-order valence-electron chi connectivity index (χ0n) is 15.4. The Morgan fingerprint density at radius 3 is 2.89 bits per heavy atom. The lowest BCUT2D eigenvalue weighted by Crippen LogP contribution is -2.22. The van der Waals surface area contributed by atoms with Crippen LogP contribution in [0.15, 0.2) is 65.4 Å². The molecular formula is C23H20FNO3. The van der Waals surface area contributed by atoms with Crippen LogP contribution in [0.25, 0.3) is 16.5 Å². The van der Waals surface area contributed by atoms with Gasteiger partial charge in [0.1, 0.15) is 24.6 Å².